The summed E-state index contributed by atoms with van der Waals surface area (Å²) in [6, 6.07) is 0. The van der Waals surface area contributed by atoms with E-state index in [0.717, 1.165) is 93.8 Å². The Labute approximate surface area is 321 Å². The van der Waals surface area contributed by atoms with E-state index in [-0.39, 0.29) is 49.8 Å². The molecule has 8 aliphatic carbocycles. The van der Waals surface area contributed by atoms with Crippen LogP contribution in [0, 0.1) is 63.1 Å². The molecular formula is C44H76O9. The Kier molecular flexibility index (Phi) is 13.9. The van der Waals surface area contributed by atoms with Crippen molar-refractivity contribution in [2.75, 3.05) is 26.4 Å². The number of ether oxygens (including phenoxy) is 3. The minimum atomic E-state index is -0.886. The quantitative estimate of drug-likeness (QED) is 0.126. The van der Waals surface area contributed by atoms with Crippen LogP contribution in [0.5, 0.6) is 0 Å². The van der Waals surface area contributed by atoms with Gasteiger partial charge in [0.25, 0.3) is 0 Å². The van der Waals surface area contributed by atoms with Crippen LogP contribution in [0.2, 0.25) is 0 Å². The van der Waals surface area contributed by atoms with Gasteiger partial charge in [0.15, 0.2) is 0 Å². The van der Waals surface area contributed by atoms with Crippen LogP contribution in [0.3, 0.4) is 0 Å². The molecule has 9 heteroatoms. The van der Waals surface area contributed by atoms with E-state index in [1.165, 1.54) is 25.7 Å². The highest BCUT2D eigenvalue weighted by Gasteiger charge is 2.59. The van der Waals surface area contributed by atoms with Crippen LogP contribution in [0.4, 0.5) is 0 Å². The Hall–Kier alpha value is -1.71. The van der Waals surface area contributed by atoms with E-state index in [2.05, 4.69) is 0 Å². The number of esters is 3. The molecule has 1 unspecified atom stereocenters. The van der Waals surface area contributed by atoms with Crippen molar-refractivity contribution in [2.45, 2.75) is 170 Å². The average Bonchev–Trinajstić information content (AvgIpc) is 3.10. The first-order valence-electron chi connectivity index (χ1n) is 21.1. The Morgan fingerprint density at radius 2 is 0.943 bits per heavy atom. The summed E-state index contributed by atoms with van der Waals surface area (Å²) in [5, 5.41) is 30.7. The Bertz CT molecular complexity index is 1200. The van der Waals surface area contributed by atoms with Crippen molar-refractivity contribution in [3.05, 3.63) is 0 Å². The second-order valence-electron chi connectivity index (χ2n) is 20.5. The maximum atomic E-state index is 12.2. The van der Waals surface area contributed by atoms with Gasteiger partial charge in [-0.1, -0.05) is 20.8 Å². The number of carbonyl (C=O) groups is 3. The molecule has 0 aliphatic heterocycles. The summed E-state index contributed by atoms with van der Waals surface area (Å²) >= 11 is 0. The summed E-state index contributed by atoms with van der Waals surface area (Å²) in [5.41, 5.74) is -2.97. The normalized spacial score (nSPS) is 34.9. The van der Waals surface area contributed by atoms with Gasteiger partial charge in [0.1, 0.15) is 31.0 Å². The van der Waals surface area contributed by atoms with Gasteiger partial charge in [0, 0.05) is 5.41 Å². The molecule has 0 aromatic heterocycles. The van der Waals surface area contributed by atoms with Crippen LogP contribution >= 0.6 is 0 Å². The molecule has 8 saturated carbocycles. The lowest BCUT2D eigenvalue weighted by molar-refractivity contribution is -0.206. The molecule has 0 heterocycles. The highest BCUT2D eigenvalue weighted by molar-refractivity contribution is 5.76. The second-order valence-corrected chi connectivity index (χ2v) is 20.5. The summed E-state index contributed by atoms with van der Waals surface area (Å²) in [4.78, 5) is 35.5. The molecule has 3 N–H and O–H groups in total. The van der Waals surface area contributed by atoms with Gasteiger partial charge in [-0.15, -0.1) is 0 Å². The third-order valence-electron chi connectivity index (χ3n) is 15.3. The van der Waals surface area contributed by atoms with E-state index in [4.69, 9.17) is 19.3 Å². The Morgan fingerprint density at radius 1 is 0.585 bits per heavy atom. The maximum absolute atomic E-state index is 12.2. The summed E-state index contributed by atoms with van der Waals surface area (Å²) in [6.07, 6.45) is 15.6. The number of aliphatic hydroxyl groups is 3. The van der Waals surface area contributed by atoms with Crippen molar-refractivity contribution in [2.24, 2.45) is 63.1 Å². The fraction of sp³-hybridized carbons (Fsp3) is 0.932. The summed E-state index contributed by atoms with van der Waals surface area (Å²) in [6.45, 7) is 19.5. The van der Waals surface area contributed by atoms with Crippen molar-refractivity contribution in [1.29, 1.82) is 0 Å². The molecule has 306 valence electrons. The number of hydrogen-bond donors (Lipinski definition) is 3. The van der Waals surface area contributed by atoms with Crippen molar-refractivity contribution < 1.29 is 43.9 Å². The van der Waals surface area contributed by atoms with E-state index in [0.29, 0.717) is 11.8 Å². The monoisotopic (exact) mass is 749 g/mol. The van der Waals surface area contributed by atoms with Gasteiger partial charge in [0.2, 0.25) is 0 Å². The molecule has 8 fully saturated rings. The lowest BCUT2D eigenvalue weighted by atomic mass is 9.45. The molecule has 0 spiro atoms. The molecule has 8 aliphatic rings. The van der Waals surface area contributed by atoms with E-state index in [1.54, 1.807) is 0 Å². The minimum absolute atomic E-state index is 0.0155. The minimum Gasteiger partial charge on any atom is -0.463 e. The summed E-state index contributed by atoms with van der Waals surface area (Å²) < 4.78 is 15.9. The number of carbonyl (C=O) groups excluding carboxylic acids is 3. The first-order chi connectivity index (χ1) is 24.6. The SMILES string of the molecule is CCC(C)(C)C(=O)OCC(C)(O)C12CC3CC(CC(C3)C1)C2.CCC(C)(C)C(=O)OCC1(O)C2CC3CC(C2)CC1C3.CCC(C)(C)C(=O)OCCO. The van der Waals surface area contributed by atoms with E-state index in [9.17, 15) is 24.6 Å². The van der Waals surface area contributed by atoms with Crippen LogP contribution in [-0.4, -0.2) is 70.9 Å². The fourth-order valence-electron chi connectivity index (χ4n) is 10.7. The van der Waals surface area contributed by atoms with Crippen molar-refractivity contribution in [3.8, 4) is 0 Å². The van der Waals surface area contributed by atoms with Gasteiger partial charge >= 0.3 is 17.9 Å². The van der Waals surface area contributed by atoms with Crippen LogP contribution in [0.25, 0.3) is 0 Å². The molecule has 0 aromatic rings. The maximum Gasteiger partial charge on any atom is 0.311 e. The highest BCUT2D eigenvalue weighted by atomic mass is 16.6. The zero-order valence-electron chi connectivity index (χ0n) is 35.1. The van der Waals surface area contributed by atoms with Crippen molar-refractivity contribution in [1.82, 2.24) is 0 Å². The zero-order chi connectivity index (χ0) is 39.6. The Morgan fingerprint density at radius 3 is 1.32 bits per heavy atom. The molecule has 0 radical (unpaired) electrons. The molecule has 53 heavy (non-hydrogen) atoms. The van der Waals surface area contributed by atoms with E-state index >= 15 is 0 Å². The van der Waals surface area contributed by atoms with E-state index in [1.807, 2.05) is 69.2 Å². The first-order valence-corrected chi connectivity index (χ1v) is 21.1. The molecule has 8 bridgehead atoms. The van der Waals surface area contributed by atoms with Gasteiger partial charge in [-0.2, -0.15) is 0 Å². The molecule has 8 rings (SSSR count). The summed E-state index contributed by atoms with van der Waals surface area (Å²) in [7, 11) is 0. The van der Waals surface area contributed by atoms with Crippen LogP contribution < -0.4 is 0 Å². The summed E-state index contributed by atoms with van der Waals surface area (Å²) in [5.74, 6) is 4.14. The Balaban J connectivity index is 0.000000188. The van der Waals surface area contributed by atoms with Crippen LogP contribution in [0.1, 0.15) is 159 Å². The van der Waals surface area contributed by atoms with Gasteiger partial charge in [-0.3, -0.25) is 14.4 Å². The molecular weight excluding hydrogens is 672 g/mol. The predicted molar refractivity (Wildman–Crippen MR) is 205 cm³/mol. The van der Waals surface area contributed by atoms with Crippen molar-refractivity contribution >= 4 is 17.9 Å². The topological polar surface area (TPSA) is 140 Å². The predicted octanol–water partition coefficient (Wildman–Crippen LogP) is 8.04. The first kappa shape index (κ1) is 44.0. The third kappa shape index (κ3) is 9.82. The van der Waals surface area contributed by atoms with Crippen LogP contribution in [-0.2, 0) is 28.6 Å². The zero-order valence-corrected chi connectivity index (χ0v) is 35.1. The molecule has 0 aromatic carbocycles. The van der Waals surface area contributed by atoms with E-state index < -0.39 is 27.4 Å². The number of hydrogen-bond acceptors (Lipinski definition) is 9. The van der Waals surface area contributed by atoms with Gasteiger partial charge in [-0.25, -0.2) is 0 Å². The second kappa shape index (κ2) is 16.8. The highest BCUT2D eigenvalue weighted by Crippen LogP contribution is 2.64. The smallest absolute Gasteiger partial charge is 0.311 e. The standard InChI is InChI=1S/C19H32O3.C17H28O3.C8H16O3/c1-5-17(2,3)16(20)22-12-18(4,21)19-9-13-6-14(10-19)8-15(7-13)11-19;1-4-16(2,3)15(18)20-10-17(19)13-6-11-5-12(8-13)9-14(17)7-11;1-4-8(2,3)7(10)11-6-5-9/h13-15,21H,5-12H2,1-4H3;11-14,19H,4-10H2,1-3H3;9H,4-6H2,1-3H3. The molecule has 0 saturated heterocycles. The molecule has 0 amide bonds. The van der Waals surface area contributed by atoms with Crippen molar-refractivity contribution in [3.63, 3.8) is 0 Å². The van der Waals surface area contributed by atoms with Crippen LogP contribution in [0.15, 0.2) is 0 Å². The van der Waals surface area contributed by atoms with Gasteiger partial charge < -0.3 is 29.5 Å². The average molecular weight is 749 g/mol. The van der Waals surface area contributed by atoms with Gasteiger partial charge in [0.05, 0.1) is 22.9 Å². The largest absolute Gasteiger partial charge is 0.463 e. The molecule has 9 nitrogen and oxygen atoms in total. The molecule has 1 atom stereocenters. The third-order valence-corrected chi connectivity index (χ3v) is 15.3. The van der Waals surface area contributed by atoms with Gasteiger partial charge in [-0.05, 0) is 180 Å². The lowest BCUT2D eigenvalue weighted by Crippen LogP contribution is -2.60. The fourth-order valence-corrected chi connectivity index (χ4v) is 10.7. The lowest BCUT2D eigenvalue weighted by Gasteiger charge is -2.61. The number of aliphatic hydroxyl groups excluding tert-OH is 1. The number of rotatable bonds is 13.